The predicted octanol–water partition coefficient (Wildman–Crippen LogP) is 9.96. The Bertz CT molecular complexity index is 2460. The van der Waals surface area contributed by atoms with Crippen molar-refractivity contribution in [1.29, 1.82) is 0 Å². The van der Waals surface area contributed by atoms with E-state index >= 15 is 0 Å². The molecule has 3 aromatic heterocycles. The molecular formula is C38H23N3O. The second-order valence-electron chi connectivity index (χ2n) is 10.6. The largest absolute Gasteiger partial charge is 0.464 e. The summed E-state index contributed by atoms with van der Waals surface area (Å²) in [6.45, 7) is 0. The van der Waals surface area contributed by atoms with Gasteiger partial charge in [0.05, 0.1) is 28.5 Å². The van der Waals surface area contributed by atoms with E-state index in [1.165, 1.54) is 21.9 Å². The molecule has 0 aliphatic rings. The molecule has 0 saturated heterocycles. The zero-order chi connectivity index (χ0) is 27.6. The molecule has 3 heterocycles. The summed E-state index contributed by atoms with van der Waals surface area (Å²) in [7, 11) is 0. The summed E-state index contributed by atoms with van der Waals surface area (Å²) in [6, 6.07) is 46.7. The normalized spacial score (nSPS) is 11.8. The van der Waals surface area contributed by atoms with Gasteiger partial charge in [0.2, 0.25) is 5.95 Å². The van der Waals surface area contributed by atoms with Crippen LogP contribution in [0.15, 0.2) is 144 Å². The Kier molecular flexibility index (Phi) is 4.87. The molecule has 0 unspecified atom stereocenters. The van der Waals surface area contributed by atoms with E-state index in [1.54, 1.807) is 6.26 Å². The maximum Gasteiger partial charge on any atom is 0.235 e. The van der Waals surface area contributed by atoms with Crippen molar-refractivity contribution in [3.8, 4) is 28.3 Å². The van der Waals surface area contributed by atoms with E-state index in [1.807, 2.05) is 18.2 Å². The minimum atomic E-state index is 0.640. The van der Waals surface area contributed by atoms with Crippen LogP contribution in [-0.4, -0.2) is 14.5 Å². The van der Waals surface area contributed by atoms with Crippen LogP contribution in [0.25, 0.3) is 82.8 Å². The molecule has 9 aromatic rings. The number of hydrogen-bond donors (Lipinski definition) is 0. The lowest BCUT2D eigenvalue weighted by Crippen LogP contribution is -2.03. The van der Waals surface area contributed by atoms with Crippen molar-refractivity contribution in [2.24, 2.45) is 0 Å². The van der Waals surface area contributed by atoms with Gasteiger partial charge >= 0.3 is 0 Å². The van der Waals surface area contributed by atoms with Gasteiger partial charge in [0, 0.05) is 27.1 Å². The highest BCUT2D eigenvalue weighted by atomic mass is 16.3. The maximum atomic E-state index is 5.80. The van der Waals surface area contributed by atoms with E-state index in [-0.39, 0.29) is 0 Å². The van der Waals surface area contributed by atoms with Crippen LogP contribution < -0.4 is 0 Å². The SMILES string of the molecule is c1ccc2c(-c3ccc(-c4nc(-n5c6ccccc6c6ccc7occc7c65)nc5ccccc45)cc3)cccc2c1. The van der Waals surface area contributed by atoms with E-state index in [4.69, 9.17) is 14.4 Å². The molecule has 0 aliphatic heterocycles. The van der Waals surface area contributed by atoms with E-state index in [9.17, 15) is 0 Å². The van der Waals surface area contributed by atoms with E-state index < -0.39 is 0 Å². The standard InChI is InChI=1S/C38H23N3O/c1-2-10-27-24(8-1)9-7-13-28(27)25-16-18-26(19-17-25)36-31-12-3-5-14-33(31)39-38(40-36)41-34-15-6-4-11-29(34)30-20-21-35-32(37(30)41)22-23-42-35/h1-23H. The highest BCUT2D eigenvalue weighted by molar-refractivity contribution is 6.17. The third-order valence-corrected chi connectivity index (χ3v) is 8.32. The molecule has 0 bridgehead atoms. The van der Waals surface area contributed by atoms with Gasteiger partial charge in [-0.15, -0.1) is 0 Å². The van der Waals surface area contributed by atoms with Crippen LogP contribution in [-0.2, 0) is 0 Å². The van der Waals surface area contributed by atoms with Crippen molar-refractivity contribution in [1.82, 2.24) is 14.5 Å². The predicted molar refractivity (Wildman–Crippen MR) is 172 cm³/mol. The van der Waals surface area contributed by atoms with E-state index in [0.717, 1.165) is 54.9 Å². The van der Waals surface area contributed by atoms with Crippen molar-refractivity contribution in [2.75, 3.05) is 0 Å². The summed E-state index contributed by atoms with van der Waals surface area (Å²) in [4.78, 5) is 10.4. The molecule has 0 N–H and O–H groups in total. The highest BCUT2D eigenvalue weighted by Gasteiger charge is 2.19. The number of benzene rings is 6. The van der Waals surface area contributed by atoms with Gasteiger partial charge in [-0.05, 0) is 52.2 Å². The molecule has 4 nitrogen and oxygen atoms in total. The van der Waals surface area contributed by atoms with Crippen LogP contribution in [0.5, 0.6) is 0 Å². The lowest BCUT2D eigenvalue weighted by molar-refractivity contribution is 0.616. The summed E-state index contributed by atoms with van der Waals surface area (Å²) in [5.41, 5.74) is 8.22. The average molecular weight is 538 g/mol. The fraction of sp³-hybridized carbons (Fsp3) is 0. The molecule has 0 amide bonds. The summed E-state index contributed by atoms with van der Waals surface area (Å²) in [6.07, 6.45) is 1.75. The van der Waals surface area contributed by atoms with Crippen LogP contribution >= 0.6 is 0 Å². The van der Waals surface area contributed by atoms with Gasteiger partial charge in [-0.25, -0.2) is 9.97 Å². The van der Waals surface area contributed by atoms with Crippen LogP contribution in [0, 0.1) is 0 Å². The summed E-state index contributed by atoms with van der Waals surface area (Å²) in [5.74, 6) is 0.640. The monoisotopic (exact) mass is 537 g/mol. The molecular weight excluding hydrogens is 514 g/mol. The zero-order valence-corrected chi connectivity index (χ0v) is 22.5. The quantitative estimate of drug-likeness (QED) is 0.225. The molecule has 9 rings (SSSR count). The summed E-state index contributed by atoms with van der Waals surface area (Å²) >= 11 is 0. The number of rotatable bonds is 3. The molecule has 0 radical (unpaired) electrons. The van der Waals surface area contributed by atoms with Gasteiger partial charge in [-0.2, -0.15) is 0 Å². The van der Waals surface area contributed by atoms with Crippen molar-refractivity contribution in [2.45, 2.75) is 0 Å². The van der Waals surface area contributed by atoms with Crippen molar-refractivity contribution in [3.63, 3.8) is 0 Å². The average Bonchev–Trinajstić information content (AvgIpc) is 3.67. The van der Waals surface area contributed by atoms with Gasteiger partial charge in [0.1, 0.15) is 5.58 Å². The second-order valence-corrected chi connectivity index (χ2v) is 10.6. The topological polar surface area (TPSA) is 43.9 Å². The number of para-hydroxylation sites is 2. The zero-order valence-electron chi connectivity index (χ0n) is 22.5. The van der Waals surface area contributed by atoms with Gasteiger partial charge in [-0.1, -0.05) is 103 Å². The van der Waals surface area contributed by atoms with Crippen LogP contribution in [0.4, 0.5) is 0 Å². The minimum Gasteiger partial charge on any atom is -0.464 e. The van der Waals surface area contributed by atoms with E-state index in [2.05, 4.69) is 120 Å². The molecule has 6 aromatic carbocycles. The fourth-order valence-corrected chi connectivity index (χ4v) is 6.38. The van der Waals surface area contributed by atoms with Gasteiger partial charge in [-0.3, -0.25) is 4.57 Å². The molecule has 0 aliphatic carbocycles. The third kappa shape index (κ3) is 3.36. The Morgan fingerprint density at radius 2 is 1.24 bits per heavy atom. The Hall–Kier alpha value is -5.74. The minimum absolute atomic E-state index is 0.640. The molecule has 0 saturated carbocycles. The number of nitrogens with zero attached hydrogens (tertiary/aromatic N) is 3. The first-order valence-electron chi connectivity index (χ1n) is 14.1. The highest BCUT2D eigenvalue weighted by Crippen LogP contribution is 2.38. The van der Waals surface area contributed by atoms with Crippen molar-refractivity contribution < 1.29 is 4.42 Å². The van der Waals surface area contributed by atoms with Crippen molar-refractivity contribution in [3.05, 3.63) is 140 Å². The molecule has 0 spiro atoms. The van der Waals surface area contributed by atoms with E-state index in [0.29, 0.717) is 5.95 Å². The Morgan fingerprint density at radius 1 is 0.500 bits per heavy atom. The Morgan fingerprint density at radius 3 is 2.14 bits per heavy atom. The van der Waals surface area contributed by atoms with Crippen LogP contribution in [0.3, 0.4) is 0 Å². The molecule has 42 heavy (non-hydrogen) atoms. The third-order valence-electron chi connectivity index (χ3n) is 8.32. The summed E-state index contributed by atoms with van der Waals surface area (Å²) < 4.78 is 7.98. The fourth-order valence-electron chi connectivity index (χ4n) is 6.38. The Labute approximate surface area is 241 Å². The molecule has 0 atom stereocenters. The maximum absolute atomic E-state index is 5.80. The van der Waals surface area contributed by atoms with Gasteiger partial charge in [0.15, 0.2) is 0 Å². The Balaban J connectivity index is 1.29. The van der Waals surface area contributed by atoms with Gasteiger partial charge < -0.3 is 4.42 Å². The van der Waals surface area contributed by atoms with Gasteiger partial charge in [0.25, 0.3) is 0 Å². The number of fused-ring (bicyclic) bond motifs is 7. The number of hydrogen-bond acceptors (Lipinski definition) is 3. The second kappa shape index (κ2) is 8.88. The van der Waals surface area contributed by atoms with Crippen molar-refractivity contribution >= 4 is 54.5 Å². The lowest BCUT2D eigenvalue weighted by atomic mass is 9.96. The lowest BCUT2D eigenvalue weighted by Gasteiger charge is -2.13. The first-order valence-corrected chi connectivity index (χ1v) is 14.1. The first-order chi connectivity index (χ1) is 20.8. The smallest absolute Gasteiger partial charge is 0.235 e. The molecule has 0 fully saturated rings. The van der Waals surface area contributed by atoms with Crippen LogP contribution in [0.1, 0.15) is 0 Å². The first kappa shape index (κ1) is 23.0. The summed E-state index contributed by atoms with van der Waals surface area (Å²) in [5, 5.41) is 6.86. The molecule has 196 valence electrons. The number of aromatic nitrogens is 3. The molecule has 4 heteroatoms. The van der Waals surface area contributed by atoms with Crippen LogP contribution in [0.2, 0.25) is 0 Å². The number of furan rings is 1.